The summed E-state index contributed by atoms with van der Waals surface area (Å²) in [5, 5.41) is 0.980. The van der Waals surface area contributed by atoms with Crippen LogP contribution in [-0.4, -0.2) is 17.9 Å². The number of carbonyl (C=O) groups is 1. The molecular weight excluding hydrogens is 260 g/mol. The van der Waals surface area contributed by atoms with E-state index >= 15 is 0 Å². The van der Waals surface area contributed by atoms with E-state index in [2.05, 4.69) is 4.98 Å². The van der Waals surface area contributed by atoms with Crippen LogP contribution in [0.3, 0.4) is 0 Å². The van der Waals surface area contributed by atoms with Gasteiger partial charge in [0.25, 0.3) is 5.91 Å². The summed E-state index contributed by atoms with van der Waals surface area (Å²) in [4.78, 5) is 18.9. The van der Waals surface area contributed by atoms with Crippen LogP contribution >= 0.6 is 0 Å². The number of pyridine rings is 1. The molecule has 0 saturated carbocycles. The molecule has 0 aliphatic carbocycles. The smallest absolute Gasteiger partial charge is 0.259 e. The van der Waals surface area contributed by atoms with E-state index in [1.807, 2.05) is 67.6 Å². The molecule has 0 unspecified atom stereocenters. The highest BCUT2D eigenvalue weighted by molar-refractivity contribution is 6.08. The number of amides is 1. The van der Waals surface area contributed by atoms with Gasteiger partial charge in [-0.05, 0) is 31.2 Å². The van der Waals surface area contributed by atoms with Gasteiger partial charge in [0.05, 0.1) is 16.8 Å². The van der Waals surface area contributed by atoms with E-state index in [0.717, 1.165) is 22.3 Å². The van der Waals surface area contributed by atoms with Gasteiger partial charge in [0.2, 0.25) is 0 Å². The molecular formula is C18H16N2O. The van der Waals surface area contributed by atoms with Crippen molar-refractivity contribution in [3.63, 3.8) is 0 Å². The van der Waals surface area contributed by atoms with Gasteiger partial charge in [-0.15, -0.1) is 0 Å². The molecule has 0 aliphatic heterocycles. The molecule has 2 aromatic carbocycles. The van der Waals surface area contributed by atoms with E-state index in [-0.39, 0.29) is 5.91 Å². The lowest BCUT2D eigenvalue weighted by Crippen LogP contribution is -2.27. The zero-order chi connectivity index (χ0) is 14.8. The summed E-state index contributed by atoms with van der Waals surface area (Å²) < 4.78 is 0. The summed E-state index contributed by atoms with van der Waals surface area (Å²) in [5.41, 5.74) is 3.17. The number of fused-ring (bicyclic) bond motifs is 1. The third kappa shape index (κ3) is 2.50. The molecule has 3 rings (SSSR count). The summed E-state index contributed by atoms with van der Waals surface area (Å²) in [5.74, 6) is -0.0445. The zero-order valence-corrected chi connectivity index (χ0v) is 12.1. The Labute approximate surface area is 123 Å². The van der Waals surface area contributed by atoms with Crippen LogP contribution in [0.15, 0.2) is 60.7 Å². The van der Waals surface area contributed by atoms with E-state index in [1.54, 1.807) is 11.9 Å². The minimum Gasteiger partial charge on any atom is -0.311 e. The minimum absolute atomic E-state index is 0.0445. The van der Waals surface area contributed by atoms with Crippen molar-refractivity contribution < 1.29 is 4.79 Å². The average Bonchev–Trinajstić information content (AvgIpc) is 2.53. The number of hydrogen-bond acceptors (Lipinski definition) is 2. The molecule has 1 aromatic heterocycles. The van der Waals surface area contributed by atoms with E-state index in [9.17, 15) is 4.79 Å². The predicted octanol–water partition coefficient (Wildman–Crippen LogP) is 3.82. The molecule has 0 atom stereocenters. The molecule has 21 heavy (non-hydrogen) atoms. The first-order valence-electron chi connectivity index (χ1n) is 6.86. The Kier molecular flexibility index (Phi) is 3.40. The highest BCUT2D eigenvalue weighted by atomic mass is 16.2. The fourth-order valence-electron chi connectivity index (χ4n) is 2.38. The monoisotopic (exact) mass is 276 g/mol. The Hall–Kier alpha value is -2.68. The largest absolute Gasteiger partial charge is 0.311 e. The lowest BCUT2D eigenvalue weighted by Gasteiger charge is -2.18. The quantitative estimate of drug-likeness (QED) is 0.713. The molecule has 3 aromatic rings. The number of hydrogen-bond donors (Lipinski definition) is 0. The number of aromatic nitrogens is 1. The predicted molar refractivity (Wildman–Crippen MR) is 85.7 cm³/mol. The van der Waals surface area contributed by atoms with E-state index in [0.29, 0.717) is 5.56 Å². The van der Waals surface area contributed by atoms with Gasteiger partial charge in [-0.1, -0.05) is 36.4 Å². The van der Waals surface area contributed by atoms with Gasteiger partial charge in [-0.25, -0.2) is 0 Å². The van der Waals surface area contributed by atoms with Crippen molar-refractivity contribution >= 4 is 22.5 Å². The maximum absolute atomic E-state index is 12.7. The summed E-state index contributed by atoms with van der Waals surface area (Å²) in [6.45, 7) is 1.87. The summed E-state index contributed by atoms with van der Waals surface area (Å²) in [7, 11) is 1.78. The number of rotatable bonds is 2. The van der Waals surface area contributed by atoms with E-state index in [4.69, 9.17) is 0 Å². The van der Waals surface area contributed by atoms with Gasteiger partial charge >= 0.3 is 0 Å². The van der Waals surface area contributed by atoms with Gasteiger partial charge in [0.15, 0.2) is 0 Å². The van der Waals surface area contributed by atoms with Gasteiger partial charge < -0.3 is 4.90 Å². The van der Waals surface area contributed by atoms with Crippen LogP contribution in [-0.2, 0) is 0 Å². The lowest BCUT2D eigenvalue weighted by molar-refractivity contribution is 0.0992. The van der Waals surface area contributed by atoms with E-state index < -0.39 is 0 Å². The molecule has 0 spiro atoms. The van der Waals surface area contributed by atoms with Crippen molar-refractivity contribution in [2.45, 2.75) is 6.92 Å². The van der Waals surface area contributed by atoms with Gasteiger partial charge in [-0.3, -0.25) is 9.78 Å². The SMILES string of the molecule is Cc1nc2ccccc2cc1C(=O)N(C)c1ccccc1. The molecule has 104 valence electrons. The van der Waals surface area contributed by atoms with Gasteiger partial charge in [0.1, 0.15) is 0 Å². The van der Waals surface area contributed by atoms with Crippen molar-refractivity contribution in [3.05, 3.63) is 71.9 Å². The Balaban J connectivity index is 2.03. The maximum Gasteiger partial charge on any atom is 0.259 e. The fourth-order valence-corrected chi connectivity index (χ4v) is 2.38. The first-order chi connectivity index (χ1) is 10.2. The molecule has 0 saturated heterocycles. The molecule has 3 nitrogen and oxygen atoms in total. The van der Waals surface area contributed by atoms with E-state index in [1.165, 1.54) is 0 Å². The second kappa shape index (κ2) is 5.37. The van der Waals surface area contributed by atoms with Gasteiger partial charge in [0, 0.05) is 18.1 Å². The number of benzene rings is 2. The van der Waals surface area contributed by atoms with Crippen LogP contribution in [0.5, 0.6) is 0 Å². The van der Waals surface area contributed by atoms with Crippen LogP contribution < -0.4 is 4.90 Å². The Morgan fingerprint density at radius 2 is 1.67 bits per heavy atom. The van der Waals surface area contributed by atoms with Crippen LogP contribution in [0.2, 0.25) is 0 Å². The van der Waals surface area contributed by atoms with Crippen molar-refractivity contribution in [2.24, 2.45) is 0 Å². The first-order valence-corrected chi connectivity index (χ1v) is 6.86. The molecule has 0 aliphatic rings. The number of anilines is 1. The van der Waals surface area contributed by atoms with Crippen molar-refractivity contribution in [1.29, 1.82) is 0 Å². The molecule has 1 amide bonds. The average molecular weight is 276 g/mol. The topological polar surface area (TPSA) is 33.2 Å². The number of aryl methyl sites for hydroxylation is 1. The third-order valence-electron chi connectivity index (χ3n) is 3.59. The molecule has 1 heterocycles. The summed E-state index contributed by atoms with van der Waals surface area (Å²) in [6.07, 6.45) is 0. The molecule has 3 heteroatoms. The fraction of sp³-hybridized carbons (Fsp3) is 0.111. The number of para-hydroxylation sites is 2. The van der Waals surface area contributed by atoms with Crippen LogP contribution in [0.25, 0.3) is 10.9 Å². The molecule has 0 N–H and O–H groups in total. The first kappa shape index (κ1) is 13.3. The normalized spacial score (nSPS) is 10.6. The molecule has 0 radical (unpaired) electrons. The Bertz CT molecular complexity index is 797. The zero-order valence-electron chi connectivity index (χ0n) is 12.1. The molecule has 0 bridgehead atoms. The van der Waals surface area contributed by atoms with Crippen LogP contribution in [0.1, 0.15) is 16.1 Å². The van der Waals surface area contributed by atoms with Crippen LogP contribution in [0, 0.1) is 6.92 Å². The maximum atomic E-state index is 12.7. The van der Waals surface area contributed by atoms with Crippen LogP contribution in [0.4, 0.5) is 5.69 Å². The lowest BCUT2D eigenvalue weighted by atomic mass is 10.1. The third-order valence-corrected chi connectivity index (χ3v) is 3.59. The van der Waals surface area contributed by atoms with Gasteiger partial charge in [-0.2, -0.15) is 0 Å². The second-order valence-corrected chi connectivity index (χ2v) is 5.01. The van der Waals surface area contributed by atoms with Crippen molar-refractivity contribution in [2.75, 3.05) is 11.9 Å². The Morgan fingerprint density at radius 3 is 2.43 bits per heavy atom. The molecule has 0 fully saturated rings. The summed E-state index contributed by atoms with van der Waals surface area (Å²) >= 11 is 0. The standard InChI is InChI=1S/C18H16N2O/c1-13-16(12-14-8-6-7-11-17(14)19-13)18(21)20(2)15-9-4-3-5-10-15/h3-12H,1-2H3. The highest BCUT2D eigenvalue weighted by Crippen LogP contribution is 2.20. The number of carbonyl (C=O) groups excluding carboxylic acids is 1. The highest BCUT2D eigenvalue weighted by Gasteiger charge is 2.17. The summed E-state index contributed by atoms with van der Waals surface area (Å²) in [6, 6.07) is 19.4. The van der Waals surface area contributed by atoms with Crippen molar-refractivity contribution in [1.82, 2.24) is 4.98 Å². The number of nitrogens with zero attached hydrogens (tertiary/aromatic N) is 2. The Morgan fingerprint density at radius 1 is 1.00 bits per heavy atom. The van der Waals surface area contributed by atoms with Crippen molar-refractivity contribution in [3.8, 4) is 0 Å². The minimum atomic E-state index is -0.0445. The second-order valence-electron chi connectivity index (χ2n) is 5.01.